The summed E-state index contributed by atoms with van der Waals surface area (Å²) in [6, 6.07) is 12.4. The van der Waals surface area contributed by atoms with Crippen LogP contribution in [0.4, 0.5) is 0 Å². The second-order valence-corrected chi connectivity index (χ2v) is 4.36. The van der Waals surface area contributed by atoms with E-state index in [4.69, 9.17) is 0 Å². The maximum Gasteiger partial charge on any atom is 0.0924 e. The predicted molar refractivity (Wildman–Crippen MR) is 64.0 cm³/mol. The van der Waals surface area contributed by atoms with Gasteiger partial charge in [-0.15, -0.1) is 0 Å². The first-order valence-electron chi connectivity index (χ1n) is 5.64. The number of hydrogen-bond donors (Lipinski definition) is 2. The highest BCUT2D eigenvalue weighted by Gasteiger charge is 2.44. The maximum absolute atomic E-state index is 4.38. The lowest BCUT2D eigenvalue weighted by atomic mass is 10.1. The molecule has 1 aliphatic carbocycles. The van der Waals surface area contributed by atoms with Crippen LogP contribution in [0.25, 0.3) is 11.3 Å². The number of rotatable bonds is 3. The second-order valence-electron chi connectivity index (χ2n) is 4.36. The Bertz CT molecular complexity index is 483. The van der Waals surface area contributed by atoms with Crippen molar-refractivity contribution in [2.24, 2.45) is 0 Å². The van der Waals surface area contributed by atoms with Gasteiger partial charge < -0.3 is 5.32 Å². The molecule has 2 aromatic rings. The van der Waals surface area contributed by atoms with Gasteiger partial charge in [0, 0.05) is 5.56 Å². The van der Waals surface area contributed by atoms with Gasteiger partial charge in [0.1, 0.15) is 0 Å². The molecule has 16 heavy (non-hydrogen) atoms. The van der Waals surface area contributed by atoms with Crippen LogP contribution in [-0.2, 0) is 5.54 Å². The average Bonchev–Trinajstić information content (AvgIpc) is 3.00. The molecule has 0 bridgehead atoms. The Hall–Kier alpha value is -1.61. The van der Waals surface area contributed by atoms with Crippen molar-refractivity contribution in [3.05, 3.63) is 42.1 Å². The summed E-state index contributed by atoms with van der Waals surface area (Å²) in [4.78, 5) is 0. The second kappa shape index (κ2) is 3.46. The fourth-order valence-corrected chi connectivity index (χ4v) is 2.10. The number of benzene rings is 1. The Morgan fingerprint density at radius 2 is 2.00 bits per heavy atom. The third-order valence-corrected chi connectivity index (χ3v) is 3.39. The van der Waals surface area contributed by atoms with Gasteiger partial charge in [-0.2, -0.15) is 5.10 Å². The molecule has 1 saturated carbocycles. The molecule has 1 aromatic heterocycles. The molecule has 0 atom stereocenters. The van der Waals surface area contributed by atoms with Gasteiger partial charge in [-0.3, -0.25) is 5.10 Å². The normalized spacial score (nSPS) is 17.3. The molecule has 0 amide bonds. The molecule has 1 heterocycles. The van der Waals surface area contributed by atoms with Crippen LogP contribution in [0.2, 0.25) is 0 Å². The molecule has 1 aromatic carbocycles. The lowest BCUT2D eigenvalue weighted by Crippen LogP contribution is -2.24. The van der Waals surface area contributed by atoms with E-state index in [-0.39, 0.29) is 5.54 Å². The quantitative estimate of drug-likeness (QED) is 0.821. The minimum Gasteiger partial charge on any atom is -0.309 e. The summed E-state index contributed by atoms with van der Waals surface area (Å²) in [5, 5.41) is 10.9. The van der Waals surface area contributed by atoms with Gasteiger partial charge in [0.05, 0.1) is 16.9 Å². The Labute approximate surface area is 94.9 Å². The topological polar surface area (TPSA) is 40.7 Å². The van der Waals surface area contributed by atoms with E-state index in [2.05, 4.69) is 33.7 Å². The molecule has 3 nitrogen and oxygen atoms in total. The van der Waals surface area contributed by atoms with Crippen LogP contribution in [0.1, 0.15) is 18.5 Å². The number of aromatic nitrogens is 2. The summed E-state index contributed by atoms with van der Waals surface area (Å²) in [6.45, 7) is 0. The van der Waals surface area contributed by atoms with Crippen molar-refractivity contribution in [1.82, 2.24) is 15.5 Å². The van der Waals surface area contributed by atoms with E-state index in [0.29, 0.717) is 0 Å². The van der Waals surface area contributed by atoms with Gasteiger partial charge in [0.25, 0.3) is 0 Å². The van der Waals surface area contributed by atoms with Crippen LogP contribution in [-0.4, -0.2) is 17.2 Å². The number of nitrogens with one attached hydrogen (secondary N) is 2. The van der Waals surface area contributed by atoms with Crippen molar-refractivity contribution in [3.8, 4) is 11.3 Å². The first-order chi connectivity index (χ1) is 7.84. The number of aromatic amines is 1. The van der Waals surface area contributed by atoms with Crippen molar-refractivity contribution in [1.29, 1.82) is 0 Å². The van der Waals surface area contributed by atoms with Crippen LogP contribution in [0.5, 0.6) is 0 Å². The van der Waals surface area contributed by atoms with Crippen LogP contribution >= 0.6 is 0 Å². The molecule has 0 aliphatic heterocycles. The monoisotopic (exact) mass is 213 g/mol. The van der Waals surface area contributed by atoms with E-state index < -0.39 is 0 Å². The fourth-order valence-electron chi connectivity index (χ4n) is 2.10. The van der Waals surface area contributed by atoms with E-state index in [1.54, 1.807) is 0 Å². The van der Waals surface area contributed by atoms with Crippen molar-refractivity contribution in [3.63, 3.8) is 0 Å². The molecule has 2 N–H and O–H groups in total. The summed E-state index contributed by atoms with van der Waals surface area (Å²) in [6.07, 6.45) is 2.39. The number of hydrogen-bond acceptors (Lipinski definition) is 2. The van der Waals surface area contributed by atoms with Gasteiger partial charge in [0.2, 0.25) is 0 Å². The lowest BCUT2D eigenvalue weighted by molar-refractivity contribution is 0.566. The zero-order valence-electron chi connectivity index (χ0n) is 9.33. The van der Waals surface area contributed by atoms with Crippen LogP contribution < -0.4 is 5.32 Å². The van der Waals surface area contributed by atoms with Gasteiger partial charge in [-0.25, -0.2) is 0 Å². The van der Waals surface area contributed by atoms with Crippen molar-refractivity contribution < 1.29 is 0 Å². The first kappa shape index (κ1) is 9.60. The molecule has 0 spiro atoms. The summed E-state index contributed by atoms with van der Waals surface area (Å²) in [7, 11) is 2.01. The predicted octanol–water partition coefficient (Wildman–Crippen LogP) is 2.29. The van der Waals surface area contributed by atoms with Gasteiger partial charge in [-0.1, -0.05) is 30.3 Å². The molecule has 3 rings (SSSR count). The fraction of sp³-hybridized carbons (Fsp3) is 0.308. The Morgan fingerprint density at radius 1 is 1.25 bits per heavy atom. The van der Waals surface area contributed by atoms with E-state index in [9.17, 15) is 0 Å². The molecule has 0 radical (unpaired) electrons. The summed E-state index contributed by atoms with van der Waals surface area (Å²) in [5.41, 5.74) is 3.56. The maximum atomic E-state index is 4.38. The van der Waals surface area contributed by atoms with E-state index in [1.807, 2.05) is 25.2 Å². The number of H-pyrrole nitrogens is 1. The third-order valence-electron chi connectivity index (χ3n) is 3.39. The van der Waals surface area contributed by atoms with Crippen LogP contribution in [0.3, 0.4) is 0 Å². The SMILES string of the molecule is CNC1(c2cc(-c3ccccc3)n[nH]2)CC1. The first-order valence-corrected chi connectivity index (χ1v) is 5.64. The summed E-state index contributed by atoms with van der Waals surface area (Å²) >= 11 is 0. The highest BCUT2D eigenvalue weighted by atomic mass is 15.2. The van der Waals surface area contributed by atoms with E-state index in [1.165, 1.54) is 18.5 Å². The molecule has 0 saturated heterocycles. The highest BCUT2D eigenvalue weighted by molar-refractivity contribution is 5.59. The largest absolute Gasteiger partial charge is 0.309 e. The van der Waals surface area contributed by atoms with Gasteiger partial charge in [-0.05, 0) is 26.0 Å². The summed E-state index contributed by atoms with van der Waals surface area (Å²) < 4.78 is 0. The van der Waals surface area contributed by atoms with Crippen molar-refractivity contribution >= 4 is 0 Å². The zero-order valence-corrected chi connectivity index (χ0v) is 9.33. The van der Waals surface area contributed by atoms with E-state index >= 15 is 0 Å². The minimum atomic E-state index is 0.167. The number of nitrogens with zero attached hydrogens (tertiary/aromatic N) is 1. The van der Waals surface area contributed by atoms with Crippen molar-refractivity contribution in [2.45, 2.75) is 18.4 Å². The molecule has 1 aliphatic rings. The molecular formula is C13H15N3. The Morgan fingerprint density at radius 3 is 2.62 bits per heavy atom. The standard InChI is InChI=1S/C13H15N3/c1-14-13(7-8-13)12-9-11(15-16-12)10-5-3-2-4-6-10/h2-6,9,14H,7-8H2,1H3,(H,15,16). The van der Waals surface area contributed by atoms with E-state index in [0.717, 1.165) is 11.3 Å². The molecular weight excluding hydrogens is 198 g/mol. The molecule has 0 unspecified atom stereocenters. The van der Waals surface area contributed by atoms with Crippen molar-refractivity contribution in [2.75, 3.05) is 7.05 Å². The van der Waals surface area contributed by atoms with Crippen LogP contribution in [0, 0.1) is 0 Å². The third kappa shape index (κ3) is 1.44. The van der Waals surface area contributed by atoms with Gasteiger partial charge in [0.15, 0.2) is 0 Å². The summed E-state index contributed by atoms with van der Waals surface area (Å²) in [5.74, 6) is 0. The molecule has 3 heteroatoms. The Balaban J connectivity index is 1.94. The molecule has 82 valence electrons. The lowest BCUT2D eigenvalue weighted by Gasteiger charge is -2.09. The van der Waals surface area contributed by atoms with Crippen LogP contribution in [0.15, 0.2) is 36.4 Å². The average molecular weight is 213 g/mol. The molecule has 1 fully saturated rings. The van der Waals surface area contributed by atoms with Gasteiger partial charge >= 0.3 is 0 Å². The Kier molecular flexibility index (Phi) is 2.07. The zero-order chi connectivity index (χ0) is 11.0. The minimum absolute atomic E-state index is 0.167. The smallest absolute Gasteiger partial charge is 0.0924 e. The highest BCUT2D eigenvalue weighted by Crippen LogP contribution is 2.44.